The van der Waals surface area contributed by atoms with Gasteiger partial charge in [0.05, 0.1) is 5.56 Å². The van der Waals surface area contributed by atoms with Crippen LogP contribution in [0.3, 0.4) is 0 Å². The fourth-order valence-corrected chi connectivity index (χ4v) is 3.22. The molecule has 2 heterocycles. The molecule has 0 bridgehead atoms. The average Bonchev–Trinajstić information content (AvgIpc) is 3.02. The van der Waals surface area contributed by atoms with Crippen molar-refractivity contribution in [3.05, 3.63) is 23.9 Å². The third kappa shape index (κ3) is 3.73. The zero-order chi connectivity index (χ0) is 14.4. The lowest BCUT2D eigenvalue weighted by Crippen LogP contribution is -2.42. The summed E-state index contributed by atoms with van der Waals surface area (Å²) in [5, 5.41) is 3.86. The van der Waals surface area contributed by atoms with Crippen LogP contribution in [-0.4, -0.2) is 47.7 Å². The highest BCUT2D eigenvalue weighted by atomic mass is 32.2. The summed E-state index contributed by atoms with van der Waals surface area (Å²) in [7, 11) is 0. The molecule has 0 aliphatic carbocycles. The van der Waals surface area contributed by atoms with E-state index in [0.717, 1.165) is 31.1 Å². The Morgan fingerprint density at radius 2 is 2.25 bits per heavy atom. The predicted octanol–water partition coefficient (Wildman–Crippen LogP) is 2.41. The number of hydrogen-bond acceptors (Lipinski definition) is 4. The van der Waals surface area contributed by atoms with Crippen molar-refractivity contribution in [2.45, 2.75) is 37.3 Å². The predicted molar refractivity (Wildman–Crippen MR) is 83.2 cm³/mol. The Labute approximate surface area is 125 Å². The number of carbonyl (C=O) groups is 1. The zero-order valence-electron chi connectivity index (χ0n) is 12.3. The van der Waals surface area contributed by atoms with E-state index < -0.39 is 0 Å². The molecular formula is C15H23N3OS. The molecule has 0 radical (unpaired) electrons. The first-order chi connectivity index (χ1) is 9.76. The van der Waals surface area contributed by atoms with Crippen molar-refractivity contribution >= 4 is 17.7 Å². The summed E-state index contributed by atoms with van der Waals surface area (Å²) in [5.74, 6) is -0.0138. The molecule has 20 heavy (non-hydrogen) atoms. The van der Waals surface area contributed by atoms with Gasteiger partial charge >= 0.3 is 0 Å². The van der Waals surface area contributed by atoms with Gasteiger partial charge in [0.1, 0.15) is 5.03 Å². The van der Waals surface area contributed by atoms with Gasteiger partial charge in [-0.2, -0.15) is 0 Å². The molecule has 0 spiro atoms. The van der Waals surface area contributed by atoms with Gasteiger partial charge in [-0.1, -0.05) is 6.92 Å². The van der Waals surface area contributed by atoms with Crippen LogP contribution in [0.4, 0.5) is 0 Å². The molecule has 1 aromatic rings. The third-order valence-corrected chi connectivity index (χ3v) is 4.55. The first-order valence-electron chi connectivity index (χ1n) is 7.27. The molecule has 4 nitrogen and oxygen atoms in total. The summed E-state index contributed by atoms with van der Waals surface area (Å²) in [4.78, 5) is 19.0. The standard InChI is InChI=1S/C15H23N3OS/c1-3-12(18-9-4-5-10-18)11-17-14(19)13-7-6-8-16-15(13)20-2/h6-8,12H,3-5,9-11H2,1-2H3,(H,17,19)/t12-/m0/s1. The minimum absolute atomic E-state index is 0.0138. The SMILES string of the molecule is CC[C@@H](CNC(=O)c1cccnc1SC)N1CCCC1. The minimum atomic E-state index is -0.0138. The van der Waals surface area contributed by atoms with Crippen molar-refractivity contribution in [2.24, 2.45) is 0 Å². The van der Waals surface area contributed by atoms with E-state index in [0.29, 0.717) is 11.6 Å². The van der Waals surface area contributed by atoms with Crippen LogP contribution in [-0.2, 0) is 0 Å². The lowest BCUT2D eigenvalue weighted by Gasteiger charge is -2.26. The molecule has 1 amide bonds. The van der Waals surface area contributed by atoms with E-state index in [1.807, 2.05) is 18.4 Å². The summed E-state index contributed by atoms with van der Waals surface area (Å²) in [6.45, 7) is 5.24. The monoisotopic (exact) mass is 293 g/mol. The normalized spacial score (nSPS) is 17.1. The Morgan fingerprint density at radius 1 is 1.50 bits per heavy atom. The van der Waals surface area contributed by atoms with E-state index >= 15 is 0 Å². The fraction of sp³-hybridized carbons (Fsp3) is 0.600. The summed E-state index contributed by atoms with van der Waals surface area (Å²) in [6, 6.07) is 4.10. The van der Waals surface area contributed by atoms with Gasteiger partial charge in [0, 0.05) is 18.8 Å². The molecule has 1 aliphatic rings. The highest BCUT2D eigenvalue weighted by molar-refractivity contribution is 7.98. The largest absolute Gasteiger partial charge is 0.350 e. The van der Waals surface area contributed by atoms with Crippen LogP contribution in [0.15, 0.2) is 23.4 Å². The van der Waals surface area contributed by atoms with E-state index in [2.05, 4.69) is 22.1 Å². The van der Waals surface area contributed by atoms with E-state index in [-0.39, 0.29) is 5.91 Å². The second-order valence-corrected chi connectivity index (χ2v) is 5.87. The Balaban J connectivity index is 1.93. The van der Waals surface area contributed by atoms with Crippen LogP contribution in [0, 0.1) is 0 Å². The van der Waals surface area contributed by atoms with Crippen LogP contribution in [0.1, 0.15) is 36.5 Å². The molecule has 1 N–H and O–H groups in total. The summed E-state index contributed by atoms with van der Waals surface area (Å²) in [6.07, 6.45) is 7.30. The number of thioether (sulfide) groups is 1. The third-order valence-electron chi connectivity index (χ3n) is 3.84. The van der Waals surface area contributed by atoms with E-state index in [9.17, 15) is 4.79 Å². The summed E-state index contributed by atoms with van der Waals surface area (Å²) >= 11 is 1.51. The van der Waals surface area contributed by atoms with Crippen molar-refractivity contribution < 1.29 is 4.79 Å². The molecule has 1 fully saturated rings. The Morgan fingerprint density at radius 3 is 2.90 bits per heavy atom. The lowest BCUT2D eigenvalue weighted by molar-refractivity contribution is 0.0933. The van der Waals surface area contributed by atoms with Gasteiger partial charge in [-0.15, -0.1) is 11.8 Å². The van der Waals surface area contributed by atoms with Crippen LogP contribution < -0.4 is 5.32 Å². The van der Waals surface area contributed by atoms with Gasteiger partial charge in [0.25, 0.3) is 5.91 Å². The van der Waals surface area contributed by atoms with Crippen molar-refractivity contribution in [3.63, 3.8) is 0 Å². The van der Waals surface area contributed by atoms with Gasteiger partial charge in [-0.05, 0) is 50.7 Å². The Hall–Kier alpha value is -1.07. The maximum atomic E-state index is 12.3. The van der Waals surface area contributed by atoms with Crippen LogP contribution >= 0.6 is 11.8 Å². The zero-order valence-corrected chi connectivity index (χ0v) is 13.1. The molecule has 5 heteroatoms. The number of nitrogens with zero attached hydrogens (tertiary/aromatic N) is 2. The quantitative estimate of drug-likeness (QED) is 0.818. The summed E-state index contributed by atoms with van der Waals surface area (Å²) in [5.41, 5.74) is 0.677. The van der Waals surface area contributed by atoms with E-state index in [4.69, 9.17) is 0 Å². The number of aromatic nitrogens is 1. The number of amides is 1. The molecule has 0 saturated carbocycles. The number of likely N-dealkylation sites (tertiary alicyclic amines) is 1. The first-order valence-corrected chi connectivity index (χ1v) is 8.50. The molecule has 1 aliphatic heterocycles. The van der Waals surface area contributed by atoms with Crippen LogP contribution in [0.5, 0.6) is 0 Å². The summed E-state index contributed by atoms with van der Waals surface area (Å²) < 4.78 is 0. The van der Waals surface area contributed by atoms with Crippen LogP contribution in [0.2, 0.25) is 0 Å². The molecule has 0 unspecified atom stereocenters. The van der Waals surface area contributed by atoms with Gasteiger partial charge in [0.2, 0.25) is 0 Å². The molecule has 0 aromatic carbocycles. The lowest BCUT2D eigenvalue weighted by atomic mass is 10.2. The molecule has 110 valence electrons. The fourth-order valence-electron chi connectivity index (χ4n) is 2.67. The molecular weight excluding hydrogens is 270 g/mol. The number of pyridine rings is 1. The first kappa shape index (κ1) is 15.3. The van der Waals surface area contributed by atoms with Gasteiger partial charge in [-0.25, -0.2) is 4.98 Å². The van der Waals surface area contributed by atoms with Crippen molar-refractivity contribution in [1.29, 1.82) is 0 Å². The molecule has 1 saturated heterocycles. The highest BCUT2D eigenvalue weighted by Gasteiger charge is 2.21. The molecule has 1 atom stereocenters. The number of nitrogens with one attached hydrogen (secondary N) is 1. The van der Waals surface area contributed by atoms with Crippen molar-refractivity contribution in [2.75, 3.05) is 25.9 Å². The van der Waals surface area contributed by atoms with Gasteiger partial charge < -0.3 is 5.32 Å². The second-order valence-electron chi connectivity index (χ2n) is 5.08. The smallest absolute Gasteiger partial charge is 0.254 e. The topological polar surface area (TPSA) is 45.2 Å². The van der Waals surface area contributed by atoms with E-state index in [1.165, 1.54) is 24.6 Å². The maximum Gasteiger partial charge on any atom is 0.254 e. The van der Waals surface area contributed by atoms with Gasteiger partial charge in [0.15, 0.2) is 0 Å². The van der Waals surface area contributed by atoms with Gasteiger partial charge in [-0.3, -0.25) is 9.69 Å². The number of rotatable bonds is 6. The highest BCUT2D eigenvalue weighted by Crippen LogP contribution is 2.17. The van der Waals surface area contributed by atoms with E-state index in [1.54, 1.807) is 6.20 Å². The number of hydrogen-bond donors (Lipinski definition) is 1. The Kier molecular flexibility index (Phi) is 5.86. The average molecular weight is 293 g/mol. The van der Waals surface area contributed by atoms with Crippen molar-refractivity contribution in [3.8, 4) is 0 Å². The minimum Gasteiger partial charge on any atom is -0.350 e. The Bertz CT molecular complexity index is 446. The molecule has 2 rings (SSSR count). The van der Waals surface area contributed by atoms with Crippen molar-refractivity contribution in [1.82, 2.24) is 15.2 Å². The maximum absolute atomic E-state index is 12.3. The number of carbonyl (C=O) groups excluding carboxylic acids is 1. The second kappa shape index (κ2) is 7.64. The molecule has 1 aromatic heterocycles. The van der Waals surface area contributed by atoms with Crippen LogP contribution in [0.25, 0.3) is 0 Å².